The van der Waals surface area contributed by atoms with Gasteiger partial charge in [0.25, 0.3) is 5.91 Å². The summed E-state index contributed by atoms with van der Waals surface area (Å²) in [5, 5.41) is 10.4. The van der Waals surface area contributed by atoms with Gasteiger partial charge in [0.05, 0.1) is 23.1 Å². The molecule has 1 N–H and O–H groups in total. The maximum atomic E-state index is 12.7. The molecule has 28 heavy (non-hydrogen) atoms. The van der Waals surface area contributed by atoms with Crippen LogP contribution in [0, 0.1) is 0 Å². The first-order valence-corrected chi connectivity index (χ1v) is 11.0. The van der Waals surface area contributed by atoms with Crippen molar-refractivity contribution in [1.29, 1.82) is 0 Å². The quantitative estimate of drug-likeness (QED) is 0.476. The van der Waals surface area contributed by atoms with Crippen LogP contribution in [0.4, 0.5) is 0 Å². The van der Waals surface area contributed by atoms with Crippen molar-refractivity contribution in [3.8, 4) is 16.4 Å². The number of thiazole rings is 1. The Kier molecular flexibility index (Phi) is 7.37. The standard InChI is InChI=1S/C22H28N4OS/c1-3-5-6-10-14-23-21(27)18-15-24-26(20(18)11-4-2)22-25-19(16-28-22)17-12-8-7-9-13-17/h7-9,12-13,15-16H,3-6,10-11,14H2,1-2H3,(H,23,27). The van der Waals surface area contributed by atoms with Gasteiger partial charge in [0.15, 0.2) is 0 Å². The Labute approximate surface area is 170 Å². The first-order valence-electron chi connectivity index (χ1n) is 10.1. The summed E-state index contributed by atoms with van der Waals surface area (Å²) in [5.41, 5.74) is 3.61. The van der Waals surface area contributed by atoms with E-state index in [9.17, 15) is 4.79 Å². The van der Waals surface area contributed by atoms with Gasteiger partial charge < -0.3 is 5.32 Å². The van der Waals surface area contributed by atoms with Crippen molar-refractivity contribution in [2.45, 2.75) is 52.4 Å². The van der Waals surface area contributed by atoms with Gasteiger partial charge in [-0.15, -0.1) is 11.3 Å². The predicted octanol–water partition coefficient (Wildman–Crippen LogP) is 5.26. The van der Waals surface area contributed by atoms with Crippen LogP contribution in [0.5, 0.6) is 0 Å². The molecule has 1 amide bonds. The number of nitrogens with zero attached hydrogens (tertiary/aromatic N) is 3. The average Bonchev–Trinajstić information content (AvgIpc) is 3.36. The maximum Gasteiger partial charge on any atom is 0.254 e. The second kappa shape index (κ2) is 10.2. The van der Waals surface area contributed by atoms with Crippen molar-refractivity contribution in [1.82, 2.24) is 20.1 Å². The van der Waals surface area contributed by atoms with Gasteiger partial charge in [-0.05, 0) is 12.8 Å². The Bertz CT molecular complexity index is 885. The molecule has 6 heteroatoms. The number of carbonyl (C=O) groups excluding carboxylic acids is 1. The lowest BCUT2D eigenvalue weighted by Gasteiger charge is -2.07. The summed E-state index contributed by atoms with van der Waals surface area (Å²) < 4.78 is 1.83. The minimum absolute atomic E-state index is 0.0361. The molecule has 2 heterocycles. The van der Waals surface area contributed by atoms with Gasteiger partial charge in [0.1, 0.15) is 0 Å². The van der Waals surface area contributed by atoms with E-state index in [1.165, 1.54) is 12.8 Å². The van der Waals surface area contributed by atoms with Crippen molar-refractivity contribution in [2.75, 3.05) is 6.54 Å². The first-order chi connectivity index (χ1) is 13.7. The number of hydrogen-bond donors (Lipinski definition) is 1. The molecule has 148 valence electrons. The van der Waals surface area contributed by atoms with Crippen molar-refractivity contribution in [2.24, 2.45) is 0 Å². The Morgan fingerprint density at radius 2 is 1.93 bits per heavy atom. The SMILES string of the molecule is CCCCCCNC(=O)c1cnn(-c2nc(-c3ccccc3)cs2)c1CCC. The number of benzene rings is 1. The molecule has 0 atom stereocenters. The highest BCUT2D eigenvalue weighted by Crippen LogP contribution is 2.25. The minimum Gasteiger partial charge on any atom is -0.352 e. The summed E-state index contributed by atoms with van der Waals surface area (Å²) >= 11 is 1.55. The van der Waals surface area contributed by atoms with Crippen LogP contribution >= 0.6 is 11.3 Å². The van der Waals surface area contributed by atoms with Crippen molar-refractivity contribution < 1.29 is 4.79 Å². The van der Waals surface area contributed by atoms with E-state index in [1.54, 1.807) is 17.5 Å². The average molecular weight is 397 g/mol. The molecule has 0 fully saturated rings. The molecule has 3 rings (SSSR count). The third-order valence-electron chi connectivity index (χ3n) is 4.66. The zero-order valence-electron chi connectivity index (χ0n) is 16.6. The molecule has 0 aliphatic heterocycles. The second-order valence-electron chi connectivity index (χ2n) is 6.86. The summed E-state index contributed by atoms with van der Waals surface area (Å²) in [6.07, 6.45) is 7.99. The van der Waals surface area contributed by atoms with E-state index in [2.05, 4.69) is 24.3 Å². The van der Waals surface area contributed by atoms with Crippen LogP contribution in [0.1, 0.15) is 62.0 Å². The molecule has 0 saturated heterocycles. The fourth-order valence-corrected chi connectivity index (χ4v) is 3.97. The van der Waals surface area contributed by atoms with Gasteiger partial charge in [-0.25, -0.2) is 9.67 Å². The molecule has 5 nitrogen and oxygen atoms in total. The van der Waals surface area contributed by atoms with Gasteiger partial charge in [0, 0.05) is 17.5 Å². The van der Waals surface area contributed by atoms with E-state index in [4.69, 9.17) is 4.98 Å². The molecule has 0 radical (unpaired) electrons. The topological polar surface area (TPSA) is 59.8 Å². The molecule has 0 aliphatic rings. The largest absolute Gasteiger partial charge is 0.352 e. The second-order valence-corrected chi connectivity index (χ2v) is 7.70. The number of amides is 1. The summed E-state index contributed by atoms with van der Waals surface area (Å²) in [7, 11) is 0. The molecule has 0 bridgehead atoms. The number of nitrogens with one attached hydrogen (secondary N) is 1. The van der Waals surface area contributed by atoms with Gasteiger partial charge in [-0.2, -0.15) is 5.10 Å². The Morgan fingerprint density at radius 3 is 2.68 bits per heavy atom. The molecule has 3 aromatic rings. The minimum atomic E-state index is -0.0361. The van der Waals surface area contributed by atoms with Gasteiger partial charge in [-0.1, -0.05) is 69.9 Å². The highest BCUT2D eigenvalue weighted by Gasteiger charge is 2.19. The van der Waals surface area contributed by atoms with E-state index < -0.39 is 0 Å². The van der Waals surface area contributed by atoms with Crippen LogP contribution < -0.4 is 5.32 Å². The summed E-state index contributed by atoms with van der Waals surface area (Å²) in [6.45, 7) is 5.01. The monoisotopic (exact) mass is 396 g/mol. The number of unbranched alkanes of at least 4 members (excludes halogenated alkanes) is 3. The summed E-state index contributed by atoms with van der Waals surface area (Å²) in [5.74, 6) is -0.0361. The molecular weight excluding hydrogens is 368 g/mol. The molecule has 1 aromatic carbocycles. The van der Waals surface area contributed by atoms with Gasteiger partial charge in [-0.3, -0.25) is 4.79 Å². The van der Waals surface area contributed by atoms with E-state index in [1.807, 2.05) is 40.4 Å². The first kappa shape index (κ1) is 20.3. The molecule has 0 aliphatic carbocycles. The van der Waals surface area contributed by atoms with Gasteiger partial charge in [0.2, 0.25) is 5.13 Å². The van der Waals surface area contributed by atoms with Crippen LogP contribution in [0.3, 0.4) is 0 Å². The highest BCUT2D eigenvalue weighted by molar-refractivity contribution is 7.12. The number of aromatic nitrogens is 3. The Morgan fingerprint density at radius 1 is 1.11 bits per heavy atom. The highest BCUT2D eigenvalue weighted by atomic mass is 32.1. The fourth-order valence-electron chi connectivity index (χ4n) is 3.16. The normalized spacial score (nSPS) is 10.9. The third kappa shape index (κ3) is 4.87. The molecule has 0 saturated carbocycles. The summed E-state index contributed by atoms with van der Waals surface area (Å²) in [6, 6.07) is 10.1. The summed E-state index contributed by atoms with van der Waals surface area (Å²) in [4.78, 5) is 17.4. The van der Waals surface area contributed by atoms with Crippen LogP contribution in [0.25, 0.3) is 16.4 Å². The molecular formula is C22H28N4OS. The van der Waals surface area contributed by atoms with Crippen LogP contribution in [-0.4, -0.2) is 27.2 Å². The van der Waals surface area contributed by atoms with E-state index in [-0.39, 0.29) is 5.91 Å². The lowest BCUT2D eigenvalue weighted by atomic mass is 10.1. The molecule has 2 aromatic heterocycles. The maximum absolute atomic E-state index is 12.7. The Hall–Kier alpha value is -2.47. The predicted molar refractivity (Wildman–Crippen MR) is 115 cm³/mol. The number of rotatable bonds is 10. The number of hydrogen-bond acceptors (Lipinski definition) is 4. The van der Waals surface area contributed by atoms with E-state index in [0.717, 1.165) is 47.8 Å². The van der Waals surface area contributed by atoms with Crippen LogP contribution in [0.2, 0.25) is 0 Å². The zero-order chi connectivity index (χ0) is 19.8. The van der Waals surface area contributed by atoms with Crippen LogP contribution in [-0.2, 0) is 6.42 Å². The molecule has 0 unspecified atom stereocenters. The number of carbonyl (C=O) groups is 1. The van der Waals surface area contributed by atoms with Crippen molar-refractivity contribution in [3.63, 3.8) is 0 Å². The van der Waals surface area contributed by atoms with Gasteiger partial charge >= 0.3 is 0 Å². The molecule has 0 spiro atoms. The van der Waals surface area contributed by atoms with Crippen LogP contribution in [0.15, 0.2) is 41.9 Å². The Balaban J connectivity index is 1.77. The fraction of sp³-hybridized carbons (Fsp3) is 0.409. The lowest BCUT2D eigenvalue weighted by molar-refractivity contribution is 0.0952. The van der Waals surface area contributed by atoms with E-state index >= 15 is 0 Å². The lowest BCUT2D eigenvalue weighted by Crippen LogP contribution is -2.25. The third-order valence-corrected chi connectivity index (χ3v) is 5.48. The zero-order valence-corrected chi connectivity index (χ0v) is 17.5. The van der Waals surface area contributed by atoms with Crippen molar-refractivity contribution in [3.05, 3.63) is 53.2 Å². The smallest absolute Gasteiger partial charge is 0.254 e. The van der Waals surface area contributed by atoms with E-state index in [0.29, 0.717) is 12.1 Å². The van der Waals surface area contributed by atoms with Crippen molar-refractivity contribution >= 4 is 17.2 Å².